The molecule has 2 aliphatic rings. The number of amides is 2. The van der Waals surface area contributed by atoms with Crippen LogP contribution >= 0.6 is 11.3 Å². The standard InChI is InChI=1S/C21H22N4O2S/c1-13-23-18-10-14(5-8-19(18)28-13)24-21(26)25-15-6-7-16(25)12-17(11-15)27-20-4-2-3-9-22-20/h2-5,8-10,15-17H,6-7,11-12H2,1H3,(H,24,26). The highest BCUT2D eigenvalue weighted by Crippen LogP contribution is 2.37. The second kappa shape index (κ2) is 7.05. The van der Waals surface area contributed by atoms with Gasteiger partial charge in [0, 0.05) is 42.9 Å². The zero-order valence-corrected chi connectivity index (χ0v) is 16.5. The number of pyridine rings is 1. The Kier molecular flexibility index (Phi) is 4.39. The Bertz CT molecular complexity index is 992. The molecule has 0 spiro atoms. The molecule has 2 saturated heterocycles. The molecule has 144 valence electrons. The average Bonchev–Trinajstić information content (AvgIpc) is 3.18. The number of nitrogens with one attached hydrogen (secondary N) is 1. The third kappa shape index (κ3) is 3.30. The highest BCUT2D eigenvalue weighted by atomic mass is 32.1. The van der Waals surface area contributed by atoms with Gasteiger partial charge >= 0.3 is 6.03 Å². The average molecular weight is 395 g/mol. The summed E-state index contributed by atoms with van der Waals surface area (Å²) in [5.41, 5.74) is 1.74. The van der Waals surface area contributed by atoms with Crippen LogP contribution in [0, 0.1) is 6.92 Å². The molecule has 7 heteroatoms. The number of anilines is 1. The van der Waals surface area contributed by atoms with E-state index < -0.39 is 0 Å². The van der Waals surface area contributed by atoms with E-state index >= 15 is 0 Å². The number of piperidine rings is 1. The summed E-state index contributed by atoms with van der Waals surface area (Å²) < 4.78 is 7.20. The van der Waals surface area contributed by atoms with Gasteiger partial charge in [-0.05, 0) is 44.0 Å². The summed E-state index contributed by atoms with van der Waals surface area (Å²) in [5, 5.41) is 4.11. The van der Waals surface area contributed by atoms with Crippen LogP contribution in [0.25, 0.3) is 10.2 Å². The van der Waals surface area contributed by atoms with Gasteiger partial charge in [0.1, 0.15) is 6.10 Å². The van der Waals surface area contributed by atoms with Crippen molar-refractivity contribution in [3.8, 4) is 5.88 Å². The first-order valence-corrected chi connectivity index (χ1v) is 10.5. The summed E-state index contributed by atoms with van der Waals surface area (Å²) >= 11 is 1.67. The van der Waals surface area contributed by atoms with Gasteiger partial charge in [0.15, 0.2) is 0 Å². The third-order valence-electron chi connectivity index (χ3n) is 5.60. The van der Waals surface area contributed by atoms with Crippen molar-refractivity contribution in [2.45, 2.75) is 50.8 Å². The summed E-state index contributed by atoms with van der Waals surface area (Å²) in [6.45, 7) is 2.00. The maximum absolute atomic E-state index is 13.0. The molecule has 0 aliphatic carbocycles. The van der Waals surface area contributed by atoms with Gasteiger partial charge < -0.3 is 15.0 Å². The van der Waals surface area contributed by atoms with Crippen LogP contribution in [0.5, 0.6) is 5.88 Å². The zero-order chi connectivity index (χ0) is 19.1. The number of aromatic nitrogens is 2. The minimum atomic E-state index is -0.0184. The van der Waals surface area contributed by atoms with E-state index in [4.69, 9.17) is 4.74 Å². The smallest absolute Gasteiger partial charge is 0.322 e. The number of fused-ring (bicyclic) bond motifs is 3. The van der Waals surface area contributed by atoms with Crippen LogP contribution in [-0.4, -0.2) is 39.1 Å². The fraction of sp³-hybridized carbons (Fsp3) is 0.381. The molecule has 2 fully saturated rings. The number of nitrogens with zero attached hydrogens (tertiary/aromatic N) is 3. The van der Waals surface area contributed by atoms with Crippen molar-refractivity contribution < 1.29 is 9.53 Å². The van der Waals surface area contributed by atoms with Crippen molar-refractivity contribution in [2.24, 2.45) is 0 Å². The predicted octanol–water partition coefficient (Wildman–Crippen LogP) is 4.61. The lowest BCUT2D eigenvalue weighted by Crippen LogP contribution is -2.50. The molecule has 1 aromatic carbocycles. The molecule has 2 aromatic heterocycles. The second-order valence-corrected chi connectivity index (χ2v) is 8.75. The molecule has 28 heavy (non-hydrogen) atoms. The van der Waals surface area contributed by atoms with Crippen LogP contribution < -0.4 is 10.1 Å². The number of hydrogen-bond donors (Lipinski definition) is 1. The molecule has 1 N–H and O–H groups in total. The number of ether oxygens (including phenoxy) is 1. The number of rotatable bonds is 3. The van der Waals surface area contributed by atoms with Gasteiger partial charge in [-0.1, -0.05) is 6.07 Å². The minimum Gasteiger partial charge on any atom is -0.474 e. The topological polar surface area (TPSA) is 67.4 Å². The van der Waals surface area contributed by atoms with Gasteiger partial charge in [0.25, 0.3) is 0 Å². The first-order valence-electron chi connectivity index (χ1n) is 9.70. The second-order valence-electron chi connectivity index (χ2n) is 7.52. The predicted molar refractivity (Wildman–Crippen MR) is 110 cm³/mol. The third-order valence-corrected chi connectivity index (χ3v) is 6.55. The molecule has 2 unspecified atom stereocenters. The monoisotopic (exact) mass is 394 g/mol. The van der Waals surface area contributed by atoms with Crippen LogP contribution in [0.3, 0.4) is 0 Å². The Morgan fingerprint density at radius 2 is 2.04 bits per heavy atom. The van der Waals surface area contributed by atoms with Gasteiger partial charge in [-0.15, -0.1) is 11.3 Å². The number of hydrogen-bond acceptors (Lipinski definition) is 5. The molecule has 4 heterocycles. The van der Waals surface area contributed by atoms with E-state index in [1.165, 1.54) is 0 Å². The largest absolute Gasteiger partial charge is 0.474 e. The Balaban J connectivity index is 1.27. The Morgan fingerprint density at radius 3 is 2.79 bits per heavy atom. The minimum absolute atomic E-state index is 0.0184. The maximum atomic E-state index is 13.0. The summed E-state index contributed by atoms with van der Waals surface area (Å²) in [6.07, 6.45) is 5.63. The molecule has 5 rings (SSSR count). The fourth-order valence-corrected chi connectivity index (χ4v) is 5.26. The van der Waals surface area contributed by atoms with E-state index in [0.717, 1.165) is 46.6 Å². The number of carbonyl (C=O) groups excluding carboxylic acids is 1. The molecule has 0 saturated carbocycles. The van der Waals surface area contributed by atoms with Crippen LogP contribution in [0.4, 0.5) is 10.5 Å². The number of thiazole rings is 1. The number of benzene rings is 1. The molecule has 0 radical (unpaired) electrons. The van der Waals surface area contributed by atoms with Gasteiger partial charge in [-0.25, -0.2) is 14.8 Å². The first-order chi connectivity index (χ1) is 13.7. The highest BCUT2D eigenvalue weighted by Gasteiger charge is 2.44. The lowest BCUT2D eigenvalue weighted by molar-refractivity contribution is 0.0704. The highest BCUT2D eigenvalue weighted by molar-refractivity contribution is 7.18. The molecule has 6 nitrogen and oxygen atoms in total. The number of carbonyl (C=O) groups is 1. The van der Waals surface area contributed by atoms with E-state index in [9.17, 15) is 4.79 Å². The molecule has 3 aromatic rings. The SMILES string of the molecule is Cc1nc2cc(NC(=O)N3C4CCC3CC(Oc3ccccn3)C4)ccc2s1. The zero-order valence-electron chi connectivity index (χ0n) is 15.7. The molecular formula is C21H22N4O2S. The quantitative estimate of drug-likeness (QED) is 0.705. The summed E-state index contributed by atoms with van der Waals surface area (Å²) in [6, 6.07) is 12.1. The van der Waals surface area contributed by atoms with Crippen LogP contribution in [0.2, 0.25) is 0 Å². The van der Waals surface area contributed by atoms with Crippen molar-refractivity contribution in [1.82, 2.24) is 14.9 Å². The Labute approximate surface area is 167 Å². The molecule has 2 bridgehead atoms. The molecule has 2 aliphatic heterocycles. The van der Waals surface area contributed by atoms with Crippen LogP contribution in [0.1, 0.15) is 30.7 Å². The fourth-order valence-electron chi connectivity index (χ4n) is 4.45. The van der Waals surface area contributed by atoms with Gasteiger partial charge in [-0.3, -0.25) is 0 Å². The van der Waals surface area contributed by atoms with E-state index in [1.807, 2.05) is 48.2 Å². The van der Waals surface area contributed by atoms with Crippen molar-refractivity contribution in [3.63, 3.8) is 0 Å². The van der Waals surface area contributed by atoms with E-state index in [2.05, 4.69) is 15.3 Å². The van der Waals surface area contributed by atoms with Crippen molar-refractivity contribution in [1.29, 1.82) is 0 Å². The lowest BCUT2D eigenvalue weighted by Gasteiger charge is -2.38. The summed E-state index contributed by atoms with van der Waals surface area (Å²) in [4.78, 5) is 23.8. The number of aryl methyl sites for hydroxylation is 1. The van der Waals surface area contributed by atoms with Crippen LogP contribution in [0.15, 0.2) is 42.6 Å². The van der Waals surface area contributed by atoms with Gasteiger partial charge in [0.2, 0.25) is 5.88 Å². The van der Waals surface area contributed by atoms with Crippen LogP contribution in [-0.2, 0) is 0 Å². The molecular weight excluding hydrogens is 372 g/mol. The van der Waals surface area contributed by atoms with Crippen molar-refractivity contribution >= 4 is 33.3 Å². The molecule has 2 atom stereocenters. The summed E-state index contributed by atoms with van der Waals surface area (Å²) in [7, 11) is 0. The Morgan fingerprint density at radius 1 is 1.21 bits per heavy atom. The summed E-state index contributed by atoms with van der Waals surface area (Å²) in [5.74, 6) is 0.664. The lowest BCUT2D eigenvalue weighted by atomic mass is 10.00. The van der Waals surface area contributed by atoms with Gasteiger partial charge in [-0.2, -0.15) is 0 Å². The van der Waals surface area contributed by atoms with Gasteiger partial charge in [0.05, 0.1) is 15.2 Å². The normalized spacial score (nSPS) is 23.8. The Hall–Kier alpha value is -2.67. The number of urea groups is 1. The van der Waals surface area contributed by atoms with E-state index in [0.29, 0.717) is 5.88 Å². The van der Waals surface area contributed by atoms with Crippen molar-refractivity contribution in [2.75, 3.05) is 5.32 Å². The maximum Gasteiger partial charge on any atom is 0.322 e. The molecule has 2 amide bonds. The van der Waals surface area contributed by atoms with E-state index in [-0.39, 0.29) is 24.2 Å². The first kappa shape index (κ1) is 17.4. The van der Waals surface area contributed by atoms with Crippen molar-refractivity contribution in [3.05, 3.63) is 47.6 Å². The van der Waals surface area contributed by atoms with E-state index in [1.54, 1.807) is 17.5 Å².